The van der Waals surface area contributed by atoms with Gasteiger partial charge in [-0.1, -0.05) is 0 Å². The molecule has 1 aromatic heterocycles. The summed E-state index contributed by atoms with van der Waals surface area (Å²) in [6.07, 6.45) is 3.67. The van der Waals surface area contributed by atoms with Gasteiger partial charge >= 0.3 is 6.09 Å². The number of nitrogens with one attached hydrogen (secondary N) is 2. The molecule has 0 saturated heterocycles. The Morgan fingerprint density at radius 1 is 1.26 bits per heavy atom. The number of carbonyl (C=O) groups excluding carboxylic acids is 2. The van der Waals surface area contributed by atoms with Gasteiger partial charge in [-0.25, -0.2) is 4.79 Å². The number of rotatable bonds is 4. The lowest BCUT2D eigenvalue weighted by Crippen LogP contribution is -2.47. The minimum Gasteiger partial charge on any atom is -0.444 e. The molecule has 6 heteroatoms. The Morgan fingerprint density at radius 3 is 2.57 bits per heavy atom. The highest BCUT2D eigenvalue weighted by Gasteiger charge is 2.26. The number of carbonyl (C=O) groups is 2. The fourth-order valence-electron chi connectivity index (χ4n) is 2.78. The van der Waals surface area contributed by atoms with Gasteiger partial charge in [0, 0.05) is 12.1 Å². The summed E-state index contributed by atoms with van der Waals surface area (Å²) in [5, 5.41) is 9.97. The molecule has 1 aliphatic rings. The van der Waals surface area contributed by atoms with Crippen LogP contribution >= 0.6 is 11.3 Å². The highest BCUT2D eigenvalue weighted by atomic mass is 32.1. The van der Waals surface area contributed by atoms with E-state index in [0.717, 1.165) is 31.2 Å². The van der Waals surface area contributed by atoms with Crippen LogP contribution in [-0.4, -0.2) is 29.7 Å². The minimum atomic E-state index is -0.493. The second-order valence-corrected chi connectivity index (χ2v) is 7.86. The molecule has 2 amide bonds. The van der Waals surface area contributed by atoms with Crippen LogP contribution in [-0.2, 0) is 16.0 Å². The van der Waals surface area contributed by atoms with Crippen molar-refractivity contribution in [3.8, 4) is 0 Å². The Bertz CT molecular complexity index is 522. The van der Waals surface area contributed by atoms with E-state index < -0.39 is 5.60 Å². The summed E-state index contributed by atoms with van der Waals surface area (Å²) in [4.78, 5) is 23.9. The first-order valence-corrected chi connectivity index (χ1v) is 9.06. The third kappa shape index (κ3) is 6.60. The van der Waals surface area contributed by atoms with E-state index in [-0.39, 0.29) is 24.1 Å². The van der Waals surface area contributed by atoms with Crippen LogP contribution in [0.3, 0.4) is 0 Å². The molecule has 1 fully saturated rings. The van der Waals surface area contributed by atoms with E-state index in [1.165, 1.54) is 0 Å². The van der Waals surface area contributed by atoms with Gasteiger partial charge in [0.1, 0.15) is 5.60 Å². The van der Waals surface area contributed by atoms with Gasteiger partial charge in [0.15, 0.2) is 0 Å². The van der Waals surface area contributed by atoms with E-state index in [0.29, 0.717) is 6.42 Å². The second-order valence-electron chi connectivity index (χ2n) is 7.08. The molecule has 2 rings (SSSR count). The Kier molecular flexibility index (Phi) is 6.04. The summed E-state index contributed by atoms with van der Waals surface area (Å²) in [7, 11) is 0. The van der Waals surface area contributed by atoms with Crippen molar-refractivity contribution in [3.63, 3.8) is 0 Å². The van der Waals surface area contributed by atoms with Crippen LogP contribution in [0, 0.1) is 0 Å². The number of hydrogen-bond donors (Lipinski definition) is 2. The van der Waals surface area contributed by atoms with Crippen LogP contribution in [0.4, 0.5) is 4.79 Å². The summed E-state index contributed by atoms with van der Waals surface area (Å²) in [6.45, 7) is 5.54. The maximum atomic E-state index is 12.1. The summed E-state index contributed by atoms with van der Waals surface area (Å²) >= 11 is 1.60. The molecule has 5 nitrogen and oxygen atoms in total. The van der Waals surface area contributed by atoms with Crippen LogP contribution in [0.5, 0.6) is 0 Å². The molecule has 1 aromatic rings. The maximum absolute atomic E-state index is 12.1. The highest BCUT2D eigenvalue weighted by molar-refractivity contribution is 7.07. The first-order chi connectivity index (χ1) is 10.8. The van der Waals surface area contributed by atoms with Gasteiger partial charge in [0.05, 0.1) is 6.42 Å². The zero-order chi connectivity index (χ0) is 16.9. The number of amides is 2. The lowest BCUT2D eigenvalue weighted by atomic mass is 9.91. The molecule has 23 heavy (non-hydrogen) atoms. The molecule has 0 aliphatic heterocycles. The van der Waals surface area contributed by atoms with E-state index in [1.807, 2.05) is 37.6 Å². The SMILES string of the molecule is CC(C)(C)OC(=O)N[C@H]1CCC[C@@H](NC(=O)Cc2ccsc2)C1. The molecule has 1 aliphatic carbocycles. The largest absolute Gasteiger partial charge is 0.444 e. The fourth-order valence-corrected chi connectivity index (χ4v) is 3.45. The van der Waals surface area contributed by atoms with Crippen molar-refractivity contribution in [2.45, 2.75) is 70.6 Å². The molecule has 0 radical (unpaired) electrons. The molecule has 1 heterocycles. The van der Waals surface area contributed by atoms with Gasteiger partial charge in [-0.2, -0.15) is 11.3 Å². The number of thiophene rings is 1. The molecular weight excluding hydrogens is 312 g/mol. The third-order valence-corrected chi connectivity index (χ3v) is 4.44. The van der Waals surface area contributed by atoms with Gasteiger partial charge in [-0.15, -0.1) is 0 Å². The molecular formula is C17H26N2O3S. The Labute approximate surface area is 141 Å². The van der Waals surface area contributed by atoms with Crippen molar-refractivity contribution in [1.82, 2.24) is 10.6 Å². The number of ether oxygens (including phenoxy) is 1. The second kappa shape index (κ2) is 7.81. The van der Waals surface area contributed by atoms with Crippen LogP contribution in [0.2, 0.25) is 0 Å². The molecule has 2 N–H and O–H groups in total. The monoisotopic (exact) mass is 338 g/mol. The average Bonchev–Trinajstić information content (AvgIpc) is 2.89. The normalized spacial score (nSPS) is 21.5. The summed E-state index contributed by atoms with van der Waals surface area (Å²) in [5.41, 5.74) is 0.555. The molecule has 1 saturated carbocycles. The minimum absolute atomic E-state index is 0.0475. The van der Waals surface area contributed by atoms with Crippen molar-refractivity contribution in [3.05, 3.63) is 22.4 Å². The Morgan fingerprint density at radius 2 is 1.96 bits per heavy atom. The van der Waals surface area contributed by atoms with Gasteiger partial charge < -0.3 is 15.4 Å². The van der Waals surface area contributed by atoms with Gasteiger partial charge in [-0.3, -0.25) is 4.79 Å². The predicted octanol–water partition coefficient (Wildman–Crippen LogP) is 3.24. The lowest BCUT2D eigenvalue weighted by Gasteiger charge is -2.31. The molecule has 128 valence electrons. The van der Waals surface area contributed by atoms with Gasteiger partial charge in [0.25, 0.3) is 0 Å². The van der Waals surface area contributed by atoms with Crippen LogP contribution in [0.25, 0.3) is 0 Å². The van der Waals surface area contributed by atoms with Crippen molar-refractivity contribution < 1.29 is 14.3 Å². The zero-order valence-electron chi connectivity index (χ0n) is 14.1. The first kappa shape index (κ1) is 17.8. The first-order valence-electron chi connectivity index (χ1n) is 8.12. The fraction of sp³-hybridized carbons (Fsp3) is 0.647. The molecule has 0 unspecified atom stereocenters. The van der Waals surface area contributed by atoms with Crippen molar-refractivity contribution in [2.75, 3.05) is 0 Å². The van der Waals surface area contributed by atoms with Crippen LogP contribution in [0.1, 0.15) is 52.0 Å². The molecule has 0 spiro atoms. The quantitative estimate of drug-likeness (QED) is 0.885. The summed E-state index contributed by atoms with van der Waals surface area (Å²) in [5.74, 6) is 0.0475. The lowest BCUT2D eigenvalue weighted by molar-refractivity contribution is -0.121. The topological polar surface area (TPSA) is 67.4 Å². The average molecular weight is 338 g/mol. The van der Waals surface area contributed by atoms with Crippen LogP contribution in [0.15, 0.2) is 16.8 Å². The number of hydrogen-bond acceptors (Lipinski definition) is 4. The van der Waals surface area contributed by atoms with E-state index >= 15 is 0 Å². The zero-order valence-corrected chi connectivity index (χ0v) is 14.9. The molecule has 0 bridgehead atoms. The van der Waals surface area contributed by atoms with Crippen LogP contribution < -0.4 is 10.6 Å². The van der Waals surface area contributed by atoms with Gasteiger partial charge in [-0.05, 0) is 68.8 Å². The van der Waals surface area contributed by atoms with Crippen molar-refractivity contribution in [1.29, 1.82) is 0 Å². The number of alkyl carbamates (subject to hydrolysis) is 1. The van der Waals surface area contributed by atoms with Gasteiger partial charge in [0.2, 0.25) is 5.91 Å². The maximum Gasteiger partial charge on any atom is 0.407 e. The van der Waals surface area contributed by atoms with E-state index in [2.05, 4.69) is 10.6 Å². The smallest absolute Gasteiger partial charge is 0.407 e. The Balaban J connectivity index is 1.76. The van der Waals surface area contributed by atoms with E-state index in [4.69, 9.17) is 4.74 Å². The van der Waals surface area contributed by atoms with E-state index in [9.17, 15) is 9.59 Å². The third-order valence-electron chi connectivity index (χ3n) is 3.70. The molecule has 2 atom stereocenters. The van der Waals surface area contributed by atoms with E-state index in [1.54, 1.807) is 11.3 Å². The summed E-state index contributed by atoms with van der Waals surface area (Å²) in [6, 6.07) is 2.15. The highest BCUT2D eigenvalue weighted by Crippen LogP contribution is 2.19. The predicted molar refractivity (Wildman–Crippen MR) is 91.6 cm³/mol. The van der Waals surface area contributed by atoms with Crippen molar-refractivity contribution in [2.24, 2.45) is 0 Å². The summed E-state index contributed by atoms with van der Waals surface area (Å²) < 4.78 is 5.29. The Hall–Kier alpha value is -1.56. The molecule has 0 aromatic carbocycles. The van der Waals surface area contributed by atoms with Crippen molar-refractivity contribution >= 4 is 23.3 Å². The standard InChI is InChI=1S/C17H26N2O3S/c1-17(2,3)22-16(21)19-14-6-4-5-13(10-14)18-15(20)9-12-7-8-23-11-12/h7-8,11,13-14H,4-6,9-10H2,1-3H3,(H,18,20)(H,19,21)/t13-,14+/m1/s1.